The van der Waals surface area contributed by atoms with Gasteiger partial charge < -0.3 is 0 Å². The van der Waals surface area contributed by atoms with E-state index in [-0.39, 0.29) is 10.5 Å². The number of hydrazine groups is 1. The average Bonchev–Trinajstić information content (AvgIpc) is 3.11. The molecule has 2 rings (SSSR count). The zero-order chi connectivity index (χ0) is 18.4. The third kappa shape index (κ3) is 4.99. The number of hydrogen-bond donors (Lipinski definition) is 2. The van der Waals surface area contributed by atoms with Crippen LogP contribution in [0.1, 0.15) is 15.2 Å². The Balaban J connectivity index is 2.00. The van der Waals surface area contributed by atoms with Gasteiger partial charge in [0.25, 0.3) is 11.8 Å². The second-order valence-electron chi connectivity index (χ2n) is 5.11. The number of amides is 2. The maximum absolute atomic E-state index is 12.1. The van der Waals surface area contributed by atoms with Crippen LogP contribution in [0, 0.1) is 0 Å². The predicted molar refractivity (Wildman–Crippen MR) is 96.3 cm³/mol. The summed E-state index contributed by atoms with van der Waals surface area (Å²) in [5.74, 6) is -1.12. The number of thiophene rings is 1. The molecular formula is C16H17N3O4S2. The molecule has 0 spiro atoms. The molecule has 0 aliphatic heterocycles. The molecule has 0 radical (unpaired) electrons. The molecule has 9 heteroatoms. The first-order valence-corrected chi connectivity index (χ1v) is 9.47. The van der Waals surface area contributed by atoms with Crippen molar-refractivity contribution in [3.63, 3.8) is 0 Å². The summed E-state index contributed by atoms with van der Waals surface area (Å²) in [5.41, 5.74) is 4.60. The van der Waals surface area contributed by atoms with Crippen LogP contribution in [-0.2, 0) is 14.8 Å². The molecule has 0 fully saturated rings. The zero-order valence-corrected chi connectivity index (χ0v) is 15.2. The largest absolute Gasteiger partial charge is 0.269 e. The highest BCUT2D eigenvalue weighted by Crippen LogP contribution is 2.14. The third-order valence-corrected chi connectivity index (χ3v) is 5.76. The smallest absolute Gasteiger partial charge is 0.268 e. The van der Waals surface area contributed by atoms with E-state index in [0.29, 0.717) is 0 Å². The quantitative estimate of drug-likeness (QED) is 0.607. The van der Waals surface area contributed by atoms with E-state index in [4.69, 9.17) is 0 Å². The second kappa shape index (κ2) is 8.06. The molecule has 0 saturated heterocycles. The van der Waals surface area contributed by atoms with Gasteiger partial charge in [-0.3, -0.25) is 20.4 Å². The van der Waals surface area contributed by atoms with Gasteiger partial charge in [-0.05, 0) is 35.7 Å². The number of rotatable bonds is 5. The van der Waals surface area contributed by atoms with E-state index in [1.54, 1.807) is 6.08 Å². The number of benzene rings is 1. The lowest BCUT2D eigenvalue weighted by Gasteiger charge is -2.12. The normalized spacial score (nSPS) is 11.6. The Labute approximate surface area is 150 Å². The lowest BCUT2D eigenvalue weighted by Crippen LogP contribution is -2.40. The molecule has 1 heterocycles. The van der Waals surface area contributed by atoms with Crippen molar-refractivity contribution in [3.05, 3.63) is 58.3 Å². The van der Waals surface area contributed by atoms with Crippen LogP contribution < -0.4 is 10.9 Å². The first-order valence-electron chi connectivity index (χ1n) is 7.15. The van der Waals surface area contributed by atoms with Crippen LogP contribution >= 0.6 is 11.3 Å². The lowest BCUT2D eigenvalue weighted by molar-refractivity contribution is -0.117. The maximum Gasteiger partial charge on any atom is 0.269 e. The molecule has 0 aliphatic rings. The number of hydrogen-bond acceptors (Lipinski definition) is 5. The Morgan fingerprint density at radius 3 is 2.52 bits per heavy atom. The molecule has 0 aliphatic carbocycles. The van der Waals surface area contributed by atoms with Gasteiger partial charge in [-0.1, -0.05) is 12.1 Å². The van der Waals surface area contributed by atoms with Crippen molar-refractivity contribution in [2.45, 2.75) is 4.90 Å². The van der Waals surface area contributed by atoms with E-state index in [0.717, 1.165) is 9.18 Å². The van der Waals surface area contributed by atoms with Crippen molar-refractivity contribution in [2.24, 2.45) is 0 Å². The fourth-order valence-electron chi connectivity index (χ4n) is 1.78. The van der Waals surface area contributed by atoms with Crippen LogP contribution in [0.4, 0.5) is 0 Å². The van der Waals surface area contributed by atoms with Gasteiger partial charge in [-0.15, -0.1) is 11.3 Å². The summed E-state index contributed by atoms with van der Waals surface area (Å²) in [5, 5.41) is 1.88. The summed E-state index contributed by atoms with van der Waals surface area (Å²) >= 11 is 1.48. The Hall–Kier alpha value is -2.49. The molecule has 2 amide bonds. The highest BCUT2D eigenvalue weighted by Gasteiger charge is 2.18. The van der Waals surface area contributed by atoms with Crippen molar-refractivity contribution in [1.82, 2.24) is 15.2 Å². The second-order valence-corrected chi connectivity index (χ2v) is 8.24. The van der Waals surface area contributed by atoms with E-state index >= 15 is 0 Å². The van der Waals surface area contributed by atoms with Gasteiger partial charge in [-0.2, -0.15) is 0 Å². The lowest BCUT2D eigenvalue weighted by atomic mass is 10.2. The van der Waals surface area contributed by atoms with Gasteiger partial charge in [0.1, 0.15) is 0 Å². The van der Waals surface area contributed by atoms with Crippen molar-refractivity contribution in [3.8, 4) is 0 Å². The van der Waals surface area contributed by atoms with Crippen molar-refractivity contribution >= 4 is 39.3 Å². The molecule has 0 saturated carbocycles. The minimum Gasteiger partial charge on any atom is -0.268 e. The Morgan fingerprint density at radius 1 is 1.12 bits per heavy atom. The van der Waals surface area contributed by atoms with Crippen molar-refractivity contribution < 1.29 is 18.0 Å². The zero-order valence-electron chi connectivity index (χ0n) is 13.6. The number of nitrogens with one attached hydrogen (secondary N) is 2. The summed E-state index contributed by atoms with van der Waals surface area (Å²) in [4.78, 5) is 24.7. The molecule has 1 aromatic carbocycles. The van der Waals surface area contributed by atoms with Gasteiger partial charge in [0.05, 0.1) is 4.90 Å². The molecule has 2 aromatic rings. The molecule has 0 bridgehead atoms. The van der Waals surface area contributed by atoms with Crippen molar-refractivity contribution in [1.29, 1.82) is 0 Å². The van der Waals surface area contributed by atoms with Crippen LogP contribution in [0.25, 0.3) is 6.08 Å². The highest BCUT2D eigenvalue weighted by atomic mass is 32.2. The minimum atomic E-state index is -3.64. The summed E-state index contributed by atoms with van der Waals surface area (Å²) < 4.78 is 25.2. The van der Waals surface area contributed by atoms with Gasteiger partial charge in [0, 0.05) is 30.6 Å². The summed E-state index contributed by atoms with van der Waals surface area (Å²) in [6.07, 6.45) is 2.91. The topological polar surface area (TPSA) is 95.6 Å². The number of carbonyl (C=O) groups excluding carboxylic acids is 2. The Morgan fingerprint density at radius 2 is 1.88 bits per heavy atom. The van der Waals surface area contributed by atoms with E-state index in [1.807, 2.05) is 17.5 Å². The molecule has 0 unspecified atom stereocenters. The van der Waals surface area contributed by atoms with Gasteiger partial charge in [0.15, 0.2) is 0 Å². The SMILES string of the molecule is CN(C)S(=O)(=O)c1cccc(C(=O)NNC(=O)/C=C/c2cccs2)c1. The molecule has 132 valence electrons. The Bertz CT molecular complexity index is 888. The molecular weight excluding hydrogens is 362 g/mol. The number of carbonyl (C=O) groups is 2. The number of nitrogens with zero attached hydrogens (tertiary/aromatic N) is 1. The minimum absolute atomic E-state index is 0.00549. The number of sulfonamides is 1. The van der Waals surface area contributed by atoms with Crippen LogP contribution in [0.15, 0.2) is 52.7 Å². The summed E-state index contributed by atoms with van der Waals surface area (Å²) in [6, 6.07) is 9.27. The summed E-state index contributed by atoms with van der Waals surface area (Å²) in [6.45, 7) is 0. The first kappa shape index (κ1) is 18.8. The van der Waals surface area contributed by atoms with E-state index in [1.165, 1.54) is 55.8 Å². The monoisotopic (exact) mass is 379 g/mol. The first-order chi connectivity index (χ1) is 11.8. The van der Waals surface area contributed by atoms with E-state index in [9.17, 15) is 18.0 Å². The maximum atomic E-state index is 12.1. The van der Waals surface area contributed by atoms with Crippen LogP contribution in [0.2, 0.25) is 0 Å². The van der Waals surface area contributed by atoms with Crippen LogP contribution in [-0.4, -0.2) is 38.6 Å². The molecule has 25 heavy (non-hydrogen) atoms. The summed E-state index contributed by atoms with van der Waals surface area (Å²) in [7, 11) is -0.832. The molecule has 7 nitrogen and oxygen atoms in total. The van der Waals surface area contributed by atoms with Gasteiger partial charge in [0.2, 0.25) is 10.0 Å². The molecule has 1 aromatic heterocycles. The van der Waals surface area contributed by atoms with E-state index in [2.05, 4.69) is 10.9 Å². The van der Waals surface area contributed by atoms with E-state index < -0.39 is 21.8 Å². The highest BCUT2D eigenvalue weighted by molar-refractivity contribution is 7.89. The Kier molecular flexibility index (Phi) is 6.07. The fourth-order valence-corrected chi connectivity index (χ4v) is 3.35. The van der Waals surface area contributed by atoms with Gasteiger partial charge in [-0.25, -0.2) is 12.7 Å². The van der Waals surface area contributed by atoms with Gasteiger partial charge >= 0.3 is 0 Å². The third-order valence-electron chi connectivity index (χ3n) is 3.12. The van der Waals surface area contributed by atoms with Crippen LogP contribution in [0.3, 0.4) is 0 Å². The van der Waals surface area contributed by atoms with Crippen LogP contribution in [0.5, 0.6) is 0 Å². The predicted octanol–water partition coefficient (Wildman–Crippen LogP) is 1.47. The average molecular weight is 379 g/mol. The molecule has 2 N–H and O–H groups in total. The fraction of sp³-hybridized carbons (Fsp3) is 0.125. The standard InChI is InChI=1S/C16H17N3O4S2/c1-19(2)25(22,23)14-7-3-5-12(11-14)16(21)18-17-15(20)9-8-13-6-4-10-24-13/h3-11H,1-2H3,(H,17,20)(H,18,21)/b9-8+. The molecule has 0 atom stereocenters. The van der Waals surface area contributed by atoms with Crippen molar-refractivity contribution in [2.75, 3.05) is 14.1 Å².